The van der Waals surface area contributed by atoms with E-state index in [9.17, 15) is 27.9 Å². The Bertz CT molecular complexity index is 1250. The van der Waals surface area contributed by atoms with E-state index >= 15 is 0 Å². The monoisotopic (exact) mass is 574 g/mol. The summed E-state index contributed by atoms with van der Waals surface area (Å²) in [7, 11) is 0. The van der Waals surface area contributed by atoms with Gasteiger partial charge in [-0.25, -0.2) is 4.79 Å². The van der Waals surface area contributed by atoms with Gasteiger partial charge < -0.3 is 14.6 Å². The van der Waals surface area contributed by atoms with Gasteiger partial charge in [0.1, 0.15) is 11.5 Å². The molecule has 1 aliphatic rings. The summed E-state index contributed by atoms with van der Waals surface area (Å²) in [5, 5.41) is 10.6. The first kappa shape index (κ1) is 31.5. The molecular formula is C28H31Cl2F3O5. The number of hydrogen-bond donors (Lipinski definition) is 1. The van der Waals surface area contributed by atoms with Gasteiger partial charge in [0.15, 0.2) is 6.29 Å². The molecule has 0 radical (unpaired) electrons. The second-order valence-corrected chi connectivity index (χ2v) is 10.3. The molecule has 38 heavy (non-hydrogen) atoms. The first-order chi connectivity index (χ1) is 17.6. The van der Waals surface area contributed by atoms with Crippen molar-refractivity contribution >= 4 is 41.5 Å². The van der Waals surface area contributed by atoms with Gasteiger partial charge in [-0.2, -0.15) is 13.2 Å². The predicted octanol–water partition coefficient (Wildman–Crippen LogP) is 8.33. The molecule has 0 spiro atoms. The van der Waals surface area contributed by atoms with Crippen molar-refractivity contribution in [3.63, 3.8) is 0 Å². The van der Waals surface area contributed by atoms with Gasteiger partial charge in [0.05, 0.1) is 17.7 Å². The van der Waals surface area contributed by atoms with E-state index in [2.05, 4.69) is 0 Å². The third kappa shape index (κ3) is 6.64. The number of halogens is 5. The quantitative estimate of drug-likeness (QED) is 0.287. The van der Waals surface area contributed by atoms with E-state index in [1.165, 1.54) is 13.0 Å². The van der Waals surface area contributed by atoms with Crippen LogP contribution < -0.4 is 4.74 Å². The molecule has 1 atom stereocenters. The van der Waals surface area contributed by atoms with E-state index in [0.717, 1.165) is 0 Å². The summed E-state index contributed by atoms with van der Waals surface area (Å²) in [6, 6.07) is 3.26. The van der Waals surface area contributed by atoms with Crippen molar-refractivity contribution in [2.45, 2.75) is 72.6 Å². The van der Waals surface area contributed by atoms with Crippen LogP contribution in [0.3, 0.4) is 0 Å². The Labute approximate surface area is 230 Å². The van der Waals surface area contributed by atoms with Crippen LogP contribution in [0, 0.1) is 13.8 Å². The zero-order chi connectivity index (χ0) is 29.1. The number of benzene rings is 2. The van der Waals surface area contributed by atoms with Gasteiger partial charge in [-0.1, -0.05) is 50.9 Å². The number of phenolic OH excluding ortho intramolecular Hbond substituents is 1. The number of phenols is 1. The lowest BCUT2D eigenvalue weighted by Gasteiger charge is -2.30. The van der Waals surface area contributed by atoms with E-state index in [1.54, 1.807) is 26.0 Å². The summed E-state index contributed by atoms with van der Waals surface area (Å²) >= 11 is 12.3. The lowest BCUT2D eigenvalue weighted by molar-refractivity contribution is -0.188. The summed E-state index contributed by atoms with van der Waals surface area (Å²) in [6.07, 6.45) is -5.24. The molecule has 0 saturated heterocycles. The molecular weight excluding hydrogens is 544 g/mol. The van der Waals surface area contributed by atoms with Crippen molar-refractivity contribution in [1.29, 1.82) is 0 Å². The fourth-order valence-electron chi connectivity index (χ4n) is 4.23. The average molecular weight is 575 g/mol. The molecule has 2 aromatic rings. The number of aryl methyl sites for hydroxylation is 2. The number of esters is 1. The molecule has 0 saturated carbocycles. The van der Waals surface area contributed by atoms with Crippen LogP contribution in [0.15, 0.2) is 17.7 Å². The Kier molecular flexibility index (Phi) is 10.3. The average Bonchev–Trinajstić information content (AvgIpc) is 2.79. The molecule has 0 aromatic heterocycles. The molecule has 10 heteroatoms. The molecule has 1 aliphatic heterocycles. The van der Waals surface area contributed by atoms with E-state index in [4.69, 9.17) is 32.7 Å². The molecule has 0 bridgehead atoms. The highest BCUT2D eigenvalue weighted by atomic mass is 35.5. The normalized spacial score (nSPS) is 14.8. The molecule has 0 fully saturated rings. The van der Waals surface area contributed by atoms with Gasteiger partial charge in [-0.05, 0) is 73.1 Å². The SMILES string of the molecule is CCOC(=O)C1=Cc2c(c(C)cc(Cl)c2C(C)C)OC1C(F)(F)F.Cc1cc(Cl)c(C(C)C)c(C=O)c1O. The number of ether oxygens (including phenoxy) is 2. The smallest absolute Gasteiger partial charge is 0.430 e. The van der Waals surface area contributed by atoms with Crippen molar-refractivity contribution in [1.82, 2.24) is 0 Å². The molecule has 2 aromatic carbocycles. The van der Waals surface area contributed by atoms with Gasteiger partial charge in [-0.15, -0.1) is 0 Å². The largest absolute Gasteiger partial charge is 0.507 e. The van der Waals surface area contributed by atoms with E-state index < -0.39 is 23.8 Å². The maximum absolute atomic E-state index is 13.4. The van der Waals surface area contributed by atoms with Gasteiger partial charge in [0.25, 0.3) is 0 Å². The second-order valence-electron chi connectivity index (χ2n) is 9.47. The number of rotatable bonds is 5. The number of fused-ring (bicyclic) bond motifs is 1. The van der Waals surface area contributed by atoms with Crippen LogP contribution >= 0.6 is 23.2 Å². The minimum absolute atomic E-state index is 0.0286. The Hall–Kier alpha value is -2.71. The first-order valence-electron chi connectivity index (χ1n) is 12.0. The fraction of sp³-hybridized carbons (Fsp3) is 0.429. The number of hydrogen-bond acceptors (Lipinski definition) is 5. The van der Waals surface area contributed by atoms with Crippen LogP contribution in [0.5, 0.6) is 11.5 Å². The number of alkyl halides is 3. The highest BCUT2D eigenvalue weighted by Crippen LogP contribution is 2.44. The molecule has 3 rings (SSSR count). The Morgan fingerprint density at radius 2 is 1.61 bits per heavy atom. The van der Waals surface area contributed by atoms with Crippen molar-refractivity contribution in [2.24, 2.45) is 0 Å². The van der Waals surface area contributed by atoms with Crippen LogP contribution in [0.2, 0.25) is 10.0 Å². The third-order valence-electron chi connectivity index (χ3n) is 5.91. The molecule has 0 aliphatic carbocycles. The Morgan fingerprint density at radius 1 is 1.08 bits per heavy atom. The molecule has 1 heterocycles. The van der Waals surface area contributed by atoms with Crippen molar-refractivity contribution in [3.8, 4) is 11.5 Å². The van der Waals surface area contributed by atoms with Crippen LogP contribution in [-0.2, 0) is 9.53 Å². The molecule has 1 N–H and O–H groups in total. The number of carbonyl (C=O) groups is 2. The summed E-state index contributed by atoms with van der Waals surface area (Å²) in [5.41, 5.74) is 2.60. The third-order valence-corrected chi connectivity index (χ3v) is 6.54. The van der Waals surface area contributed by atoms with Crippen LogP contribution in [0.4, 0.5) is 13.2 Å². The molecule has 208 valence electrons. The molecule has 5 nitrogen and oxygen atoms in total. The van der Waals surface area contributed by atoms with E-state index in [-0.39, 0.29) is 29.9 Å². The topological polar surface area (TPSA) is 72.8 Å². The number of aromatic hydroxyl groups is 1. The fourth-order valence-corrected chi connectivity index (χ4v) is 5.20. The maximum Gasteiger partial charge on any atom is 0.430 e. The lowest BCUT2D eigenvalue weighted by atomic mass is 9.90. The Morgan fingerprint density at radius 3 is 2.08 bits per heavy atom. The van der Waals surface area contributed by atoms with Crippen molar-refractivity contribution in [3.05, 3.63) is 61.1 Å². The summed E-state index contributed by atoms with van der Waals surface area (Å²) < 4.78 is 50.0. The molecule has 1 unspecified atom stereocenters. The van der Waals surface area contributed by atoms with Gasteiger partial charge in [0, 0.05) is 15.6 Å². The van der Waals surface area contributed by atoms with Crippen LogP contribution in [0.1, 0.15) is 84.6 Å². The van der Waals surface area contributed by atoms with Crippen LogP contribution in [-0.4, -0.2) is 36.2 Å². The summed E-state index contributed by atoms with van der Waals surface area (Å²) in [6.45, 7) is 12.4. The maximum atomic E-state index is 13.4. The second kappa shape index (κ2) is 12.4. The zero-order valence-corrected chi connectivity index (χ0v) is 23.7. The highest BCUT2D eigenvalue weighted by Gasteiger charge is 2.49. The van der Waals surface area contributed by atoms with Crippen LogP contribution in [0.25, 0.3) is 6.08 Å². The summed E-state index contributed by atoms with van der Waals surface area (Å²) in [4.78, 5) is 22.9. The van der Waals surface area contributed by atoms with E-state index in [1.807, 2.05) is 27.7 Å². The summed E-state index contributed by atoms with van der Waals surface area (Å²) in [5.74, 6) is -0.851. The zero-order valence-electron chi connectivity index (χ0n) is 22.2. The van der Waals surface area contributed by atoms with Gasteiger partial charge >= 0.3 is 12.1 Å². The number of aldehydes is 1. The van der Waals surface area contributed by atoms with Crippen molar-refractivity contribution < 1.29 is 37.3 Å². The standard InChI is InChI=1S/C17H18ClF3O3.C11H13ClO2/c1-5-23-16(22)11-7-10-13(8(2)3)12(18)6-9(4)14(10)24-15(11)17(19,20)21;1-6(2)10-8(5-13)11(14)7(3)4-9(10)12/h6-8,15H,5H2,1-4H3;4-6,14H,1-3H3. The highest BCUT2D eigenvalue weighted by molar-refractivity contribution is 6.32. The van der Waals surface area contributed by atoms with E-state index in [0.29, 0.717) is 49.7 Å². The number of carbonyl (C=O) groups excluding carboxylic acids is 2. The molecule has 0 amide bonds. The Balaban J connectivity index is 0.000000308. The van der Waals surface area contributed by atoms with Crippen molar-refractivity contribution in [2.75, 3.05) is 6.61 Å². The lowest BCUT2D eigenvalue weighted by Crippen LogP contribution is -2.41. The first-order valence-corrected chi connectivity index (χ1v) is 12.7. The minimum Gasteiger partial charge on any atom is -0.507 e. The predicted molar refractivity (Wildman–Crippen MR) is 143 cm³/mol. The minimum atomic E-state index is -4.74. The van der Waals surface area contributed by atoms with Gasteiger partial charge in [-0.3, -0.25) is 4.79 Å². The van der Waals surface area contributed by atoms with Gasteiger partial charge in [0.2, 0.25) is 6.10 Å².